The second kappa shape index (κ2) is 9.55. The molecule has 34 heavy (non-hydrogen) atoms. The topological polar surface area (TPSA) is 51.6 Å². The zero-order valence-corrected chi connectivity index (χ0v) is 19.2. The van der Waals surface area contributed by atoms with Crippen molar-refractivity contribution >= 4 is 45.5 Å². The van der Waals surface area contributed by atoms with Gasteiger partial charge in [0, 0.05) is 0 Å². The molecule has 6 heteroatoms. The minimum absolute atomic E-state index is 0.761. The van der Waals surface area contributed by atoms with Gasteiger partial charge in [0.05, 0.1) is 57.5 Å². The average molecular weight is 469 g/mol. The number of benzene rings is 2. The Morgan fingerprint density at radius 1 is 0.412 bits per heavy atom. The molecule has 0 N–H and O–H groups in total. The number of aromatic nitrogens is 4. The highest BCUT2D eigenvalue weighted by atomic mass is 32.1. The highest BCUT2D eigenvalue weighted by molar-refractivity contribution is 7.00. The van der Waals surface area contributed by atoms with Gasteiger partial charge in [-0.3, -0.25) is 0 Å². The molecule has 0 atom stereocenters. The number of fused-ring (bicyclic) bond motifs is 2. The van der Waals surface area contributed by atoms with Crippen LogP contribution in [-0.4, -0.2) is 17.5 Å². The summed E-state index contributed by atoms with van der Waals surface area (Å²) in [5.41, 5.74) is 6.36. The molecule has 2 aromatic carbocycles. The van der Waals surface area contributed by atoms with E-state index in [4.69, 9.17) is 0 Å². The molecule has 2 fully saturated rings. The molecule has 2 aliphatic rings. The molecule has 0 unspecified atom stereocenters. The molecule has 2 saturated carbocycles. The first kappa shape index (κ1) is 21.3. The van der Waals surface area contributed by atoms with Crippen LogP contribution in [0.5, 0.6) is 0 Å². The molecular weight excluding hydrogens is 456 g/mol. The van der Waals surface area contributed by atoms with Crippen molar-refractivity contribution in [3.63, 3.8) is 0 Å². The molecule has 0 spiro atoms. The van der Waals surface area contributed by atoms with E-state index in [0.717, 1.165) is 79.6 Å². The standard InChI is InChI=1S/C28H12N4S2/c1-2-6-19(5-1)9-11-21-13-15-23(27-25(21)29-33-31-27)17-18-24-16-14-22(26-28(24)32-34-30-26)12-10-20-7-3-4-8-20/h1-8,13-16H. The second-order valence-corrected chi connectivity index (χ2v) is 8.40. The van der Waals surface area contributed by atoms with Gasteiger partial charge in [0.2, 0.25) is 0 Å². The molecule has 10 radical (unpaired) electrons. The van der Waals surface area contributed by atoms with Crippen LogP contribution in [0.15, 0.2) is 24.3 Å². The molecule has 0 amide bonds. The zero-order valence-electron chi connectivity index (χ0n) is 17.5. The fraction of sp³-hybridized carbons (Fsp3) is 0. The van der Waals surface area contributed by atoms with Gasteiger partial charge >= 0.3 is 0 Å². The number of rotatable bonds is 0. The molecule has 0 saturated heterocycles. The molecule has 0 bridgehead atoms. The van der Waals surface area contributed by atoms with Crippen LogP contribution in [0.4, 0.5) is 0 Å². The quantitative estimate of drug-likeness (QED) is 0.354. The summed E-state index contributed by atoms with van der Waals surface area (Å²) in [6.45, 7) is 0. The van der Waals surface area contributed by atoms with E-state index >= 15 is 0 Å². The van der Waals surface area contributed by atoms with Crippen molar-refractivity contribution in [2.75, 3.05) is 0 Å². The zero-order chi connectivity index (χ0) is 22.7. The van der Waals surface area contributed by atoms with E-state index in [1.54, 1.807) is 0 Å². The van der Waals surface area contributed by atoms with Crippen LogP contribution in [0.1, 0.15) is 22.3 Å². The molecule has 4 aromatic rings. The maximum absolute atomic E-state index is 4.47. The molecule has 2 heterocycles. The van der Waals surface area contributed by atoms with Crippen molar-refractivity contribution in [1.29, 1.82) is 0 Å². The Kier molecular flexibility index (Phi) is 5.99. The number of hydrogen-bond donors (Lipinski definition) is 0. The third kappa shape index (κ3) is 4.30. The van der Waals surface area contributed by atoms with Gasteiger partial charge in [-0.15, -0.1) is 0 Å². The SMILES string of the molecule is C(#Cc1ccc(C#Cc2ccc(C#C[C]3[CH][CH][CH][CH]3)c3nsnc23)c2nsnc12)[C]1[CH][CH][CH][CH]1. The molecule has 6 rings (SSSR count). The van der Waals surface area contributed by atoms with Gasteiger partial charge in [0.1, 0.15) is 22.1 Å². The molecule has 4 nitrogen and oxygen atoms in total. The van der Waals surface area contributed by atoms with Crippen LogP contribution in [0, 0.1) is 98.7 Å². The van der Waals surface area contributed by atoms with Crippen molar-refractivity contribution in [3.05, 3.63) is 110 Å². The van der Waals surface area contributed by atoms with Crippen LogP contribution in [0.2, 0.25) is 0 Å². The lowest BCUT2D eigenvalue weighted by Crippen LogP contribution is -1.89. The Balaban J connectivity index is 1.32. The van der Waals surface area contributed by atoms with Crippen LogP contribution in [-0.2, 0) is 0 Å². The summed E-state index contributed by atoms with van der Waals surface area (Å²) in [6.07, 6.45) is 15.8. The van der Waals surface area contributed by atoms with E-state index in [1.165, 1.54) is 0 Å². The van der Waals surface area contributed by atoms with Gasteiger partial charge in [0.25, 0.3) is 0 Å². The maximum atomic E-state index is 4.47. The third-order valence-corrected chi connectivity index (χ3v) is 6.23. The van der Waals surface area contributed by atoms with Gasteiger partial charge < -0.3 is 0 Å². The smallest absolute Gasteiger partial charge is 0.121 e. The minimum Gasteiger partial charge on any atom is -0.172 e. The monoisotopic (exact) mass is 468 g/mol. The van der Waals surface area contributed by atoms with Crippen LogP contribution in [0.3, 0.4) is 0 Å². The summed E-state index contributed by atoms with van der Waals surface area (Å²) in [4.78, 5) is 0. The van der Waals surface area contributed by atoms with Gasteiger partial charge in [-0.05, 0) is 75.6 Å². The predicted octanol–water partition coefficient (Wildman–Crippen LogP) is 4.61. The van der Waals surface area contributed by atoms with E-state index < -0.39 is 0 Å². The normalized spacial score (nSPS) is 16.1. The molecule has 2 aromatic heterocycles. The summed E-state index contributed by atoms with van der Waals surface area (Å²) in [5, 5.41) is 0. The summed E-state index contributed by atoms with van der Waals surface area (Å²) >= 11 is 2.33. The first-order chi connectivity index (χ1) is 16.8. The first-order valence-corrected chi connectivity index (χ1v) is 11.8. The van der Waals surface area contributed by atoms with Crippen molar-refractivity contribution < 1.29 is 0 Å². The summed E-state index contributed by atoms with van der Waals surface area (Å²) < 4.78 is 17.8. The number of hydrogen-bond acceptors (Lipinski definition) is 6. The highest BCUT2D eigenvalue weighted by Crippen LogP contribution is 2.25. The lowest BCUT2D eigenvalue weighted by molar-refractivity contribution is 1.43. The Morgan fingerprint density at radius 3 is 1.03 bits per heavy atom. The van der Waals surface area contributed by atoms with Gasteiger partial charge in [-0.1, -0.05) is 35.5 Å². The van der Waals surface area contributed by atoms with Gasteiger partial charge in [-0.2, -0.15) is 17.5 Å². The van der Waals surface area contributed by atoms with Crippen molar-refractivity contribution in [2.45, 2.75) is 0 Å². The molecule has 156 valence electrons. The third-order valence-electron chi connectivity index (χ3n) is 5.17. The van der Waals surface area contributed by atoms with Gasteiger partial charge in [-0.25, -0.2) is 0 Å². The fourth-order valence-electron chi connectivity index (χ4n) is 3.46. The lowest BCUT2D eigenvalue weighted by atomic mass is 10.0. The van der Waals surface area contributed by atoms with Gasteiger partial charge in [0.15, 0.2) is 0 Å². The fourth-order valence-corrected chi connectivity index (χ4v) is 4.61. The Labute approximate surface area is 207 Å². The van der Waals surface area contributed by atoms with Crippen molar-refractivity contribution in [1.82, 2.24) is 17.5 Å². The molecule has 2 aliphatic carbocycles. The Morgan fingerprint density at radius 2 is 0.706 bits per heavy atom. The van der Waals surface area contributed by atoms with E-state index in [0.29, 0.717) is 0 Å². The van der Waals surface area contributed by atoms with E-state index in [2.05, 4.69) is 53.0 Å². The lowest BCUT2D eigenvalue weighted by Gasteiger charge is -1.98. The Hall–Kier alpha value is -3.24. The second-order valence-electron chi connectivity index (χ2n) is 7.34. The first-order valence-electron chi connectivity index (χ1n) is 10.4. The minimum atomic E-state index is 0.761. The van der Waals surface area contributed by atoms with Crippen molar-refractivity contribution in [2.24, 2.45) is 0 Å². The molecular formula is C28H12N4S2. The highest BCUT2D eigenvalue weighted by Gasteiger charge is 2.16. The van der Waals surface area contributed by atoms with Crippen LogP contribution >= 0.6 is 23.5 Å². The number of nitrogens with zero attached hydrogens (tertiary/aromatic N) is 4. The average Bonchev–Trinajstić information content (AvgIpc) is 3.68. The summed E-state index contributed by atoms with van der Waals surface area (Å²) in [6, 6.07) is 7.79. The largest absolute Gasteiger partial charge is 0.172 e. The predicted molar refractivity (Wildman–Crippen MR) is 135 cm³/mol. The van der Waals surface area contributed by atoms with Crippen molar-refractivity contribution in [3.8, 4) is 35.5 Å². The Bertz CT molecular complexity index is 1430. The van der Waals surface area contributed by atoms with Crippen LogP contribution < -0.4 is 0 Å². The molecule has 0 aliphatic heterocycles. The van der Waals surface area contributed by atoms with E-state index in [-0.39, 0.29) is 0 Å². The van der Waals surface area contributed by atoms with E-state index in [9.17, 15) is 0 Å². The van der Waals surface area contributed by atoms with Crippen LogP contribution in [0.25, 0.3) is 22.1 Å². The van der Waals surface area contributed by atoms with E-state index in [1.807, 2.05) is 75.6 Å². The summed E-state index contributed by atoms with van der Waals surface area (Å²) in [7, 11) is 0. The summed E-state index contributed by atoms with van der Waals surface area (Å²) in [5.74, 6) is 21.2. The maximum Gasteiger partial charge on any atom is 0.121 e.